The van der Waals surface area contributed by atoms with Crippen molar-refractivity contribution in [3.63, 3.8) is 0 Å². The first-order valence-corrected chi connectivity index (χ1v) is 4.19. The van der Waals surface area contributed by atoms with Crippen LogP contribution in [0.25, 0.3) is 0 Å². The van der Waals surface area contributed by atoms with E-state index in [0.29, 0.717) is 0 Å². The fraction of sp³-hybridized carbons (Fsp3) is 0.167. The first-order valence-electron chi connectivity index (χ1n) is 3.21. The maximum Gasteiger partial charge on any atom is 0.255 e. The van der Waals surface area contributed by atoms with E-state index in [9.17, 15) is 14.7 Å². The third kappa shape index (κ3) is 3.16. The maximum absolute atomic E-state index is 10.7. The van der Waals surface area contributed by atoms with Crippen LogP contribution < -0.4 is 10.7 Å². The molecule has 0 saturated carbocycles. The van der Waals surface area contributed by atoms with Gasteiger partial charge in [0.1, 0.15) is 0 Å². The highest BCUT2D eigenvalue weighted by Gasteiger charge is 1.99. The molecule has 6 nitrogen and oxygen atoms in total. The molecule has 0 spiro atoms. The van der Waals surface area contributed by atoms with Gasteiger partial charge in [-0.3, -0.25) is 4.79 Å². The van der Waals surface area contributed by atoms with Crippen molar-refractivity contribution in [3.05, 3.63) is 16.4 Å². The second-order valence-electron chi connectivity index (χ2n) is 2.07. The Morgan fingerprint density at radius 2 is 2.46 bits per heavy atom. The fourth-order valence-corrected chi connectivity index (χ4v) is 1.20. The second kappa shape index (κ2) is 3.94. The first-order chi connectivity index (χ1) is 6.08. The predicted octanol–water partition coefficient (Wildman–Crippen LogP) is -1.68. The van der Waals surface area contributed by atoms with E-state index >= 15 is 0 Å². The molecule has 1 heterocycles. The summed E-state index contributed by atoms with van der Waals surface area (Å²) in [4.78, 5) is 26.5. The summed E-state index contributed by atoms with van der Waals surface area (Å²) in [7, 11) is 0. The summed E-state index contributed by atoms with van der Waals surface area (Å²) >= 11 is 0.768. The highest BCUT2D eigenvalue weighted by molar-refractivity contribution is 7.99. The van der Waals surface area contributed by atoms with E-state index in [2.05, 4.69) is 9.97 Å². The average molecular weight is 201 g/mol. The largest absolute Gasteiger partial charge is 0.549 e. The number of carbonyl (C=O) groups is 1. The molecule has 0 bridgehead atoms. The monoisotopic (exact) mass is 201 g/mol. The third-order valence-electron chi connectivity index (χ3n) is 1.03. The summed E-state index contributed by atoms with van der Waals surface area (Å²) in [6.45, 7) is 0. The quantitative estimate of drug-likeness (QED) is 0.446. The van der Waals surface area contributed by atoms with Crippen LogP contribution in [0.3, 0.4) is 0 Å². The number of thioether (sulfide) groups is 1. The number of nitrogens with zero attached hydrogens (tertiary/aromatic N) is 1. The van der Waals surface area contributed by atoms with Gasteiger partial charge in [-0.25, -0.2) is 0 Å². The Hall–Kier alpha value is -1.50. The zero-order valence-corrected chi connectivity index (χ0v) is 7.13. The summed E-state index contributed by atoms with van der Waals surface area (Å²) in [5.41, 5.74) is -0.534. The van der Waals surface area contributed by atoms with Crippen molar-refractivity contribution in [2.75, 3.05) is 5.75 Å². The van der Waals surface area contributed by atoms with Gasteiger partial charge >= 0.3 is 0 Å². The Morgan fingerprint density at radius 3 is 3.00 bits per heavy atom. The number of H-pyrrole nitrogens is 1. The Balaban J connectivity index is 2.77. The van der Waals surface area contributed by atoms with Crippen LogP contribution in [0.2, 0.25) is 0 Å². The Bertz CT molecular complexity index is 375. The van der Waals surface area contributed by atoms with Crippen molar-refractivity contribution in [1.29, 1.82) is 0 Å². The van der Waals surface area contributed by atoms with Crippen molar-refractivity contribution in [3.8, 4) is 5.88 Å². The number of carboxylic acid groups (broad SMARTS) is 1. The number of hydrogen-bond donors (Lipinski definition) is 2. The Morgan fingerprint density at radius 1 is 1.77 bits per heavy atom. The molecule has 0 aliphatic carbocycles. The lowest BCUT2D eigenvalue weighted by atomic mass is 10.6. The van der Waals surface area contributed by atoms with Crippen LogP contribution in [0.4, 0.5) is 0 Å². The van der Waals surface area contributed by atoms with E-state index in [1.165, 1.54) is 0 Å². The van der Waals surface area contributed by atoms with Crippen molar-refractivity contribution in [2.45, 2.75) is 5.16 Å². The van der Waals surface area contributed by atoms with Gasteiger partial charge in [-0.1, -0.05) is 11.8 Å². The molecule has 1 aromatic heterocycles. The molecule has 2 N–H and O–H groups in total. The number of rotatable bonds is 3. The lowest BCUT2D eigenvalue weighted by molar-refractivity contribution is -0.301. The fourth-order valence-electron chi connectivity index (χ4n) is 0.619. The van der Waals surface area contributed by atoms with Crippen LogP contribution in [0, 0.1) is 0 Å². The molecular weight excluding hydrogens is 196 g/mol. The molecule has 70 valence electrons. The van der Waals surface area contributed by atoms with Gasteiger partial charge in [-0.05, 0) is 0 Å². The van der Waals surface area contributed by atoms with E-state index < -0.39 is 17.4 Å². The van der Waals surface area contributed by atoms with E-state index in [-0.39, 0.29) is 10.9 Å². The minimum absolute atomic E-state index is 0.0502. The average Bonchev–Trinajstić information content (AvgIpc) is 1.99. The first kappa shape index (κ1) is 9.59. The van der Waals surface area contributed by atoms with Gasteiger partial charge in [0.15, 0.2) is 5.16 Å². The minimum atomic E-state index is -1.27. The lowest BCUT2D eigenvalue weighted by Crippen LogP contribution is -2.24. The van der Waals surface area contributed by atoms with E-state index in [0.717, 1.165) is 17.8 Å². The standard InChI is InChI=1S/C6H6N2O4S/c9-3-1-4(10)8-6(7-3)13-2-5(11)12/h1H,2H2,(H,11,12)(H2,7,8,9,10)/p-1. The molecule has 0 aliphatic heterocycles. The summed E-state index contributed by atoms with van der Waals surface area (Å²) in [5, 5.41) is 18.9. The highest BCUT2D eigenvalue weighted by Crippen LogP contribution is 2.11. The van der Waals surface area contributed by atoms with E-state index in [1.54, 1.807) is 0 Å². The second-order valence-corrected chi connectivity index (χ2v) is 3.03. The van der Waals surface area contributed by atoms with Gasteiger partial charge < -0.3 is 20.0 Å². The molecular formula is C6H5N2O4S-. The number of aromatic amines is 1. The van der Waals surface area contributed by atoms with Crippen LogP contribution >= 0.6 is 11.8 Å². The number of carboxylic acids is 1. The van der Waals surface area contributed by atoms with Crippen LogP contribution in [-0.4, -0.2) is 26.8 Å². The molecule has 0 unspecified atom stereocenters. The third-order valence-corrected chi connectivity index (χ3v) is 1.88. The number of aliphatic carboxylic acids is 1. The molecule has 1 rings (SSSR count). The molecule has 0 fully saturated rings. The predicted molar refractivity (Wildman–Crippen MR) is 42.3 cm³/mol. The zero-order valence-electron chi connectivity index (χ0n) is 6.31. The van der Waals surface area contributed by atoms with Crippen LogP contribution in [0.15, 0.2) is 16.0 Å². The molecule has 0 aromatic carbocycles. The molecule has 7 heteroatoms. The minimum Gasteiger partial charge on any atom is -0.549 e. The number of hydrogen-bond acceptors (Lipinski definition) is 6. The van der Waals surface area contributed by atoms with E-state index in [4.69, 9.17) is 5.11 Å². The smallest absolute Gasteiger partial charge is 0.255 e. The van der Waals surface area contributed by atoms with E-state index in [1.807, 2.05) is 0 Å². The van der Waals surface area contributed by atoms with Crippen LogP contribution in [0.1, 0.15) is 0 Å². The highest BCUT2D eigenvalue weighted by atomic mass is 32.2. The number of aromatic nitrogens is 2. The summed E-state index contributed by atoms with van der Waals surface area (Å²) in [6, 6.07) is 0.892. The zero-order chi connectivity index (χ0) is 9.84. The molecule has 13 heavy (non-hydrogen) atoms. The topological polar surface area (TPSA) is 106 Å². The van der Waals surface area contributed by atoms with Gasteiger partial charge in [0.05, 0.1) is 12.0 Å². The van der Waals surface area contributed by atoms with Crippen molar-refractivity contribution in [1.82, 2.24) is 9.97 Å². The lowest BCUT2D eigenvalue weighted by Gasteiger charge is -2.00. The Kier molecular flexibility index (Phi) is 2.91. The molecule has 0 atom stereocenters. The normalized spacial score (nSPS) is 9.85. The molecule has 0 radical (unpaired) electrons. The van der Waals surface area contributed by atoms with Gasteiger partial charge in [0.2, 0.25) is 5.88 Å². The molecule has 0 amide bonds. The Labute approximate surface area is 76.6 Å². The van der Waals surface area contributed by atoms with Gasteiger partial charge in [0, 0.05) is 5.75 Å². The maximum atomic E-state index is 10.7. The van der Waals surface area contributed by atoms with Crippen molar-refractivity contribution >= 4 is 17.7 Å². The van der Waals surface area contributed by atoms with Crippen LogP contribution in [0.5, 0.6) is 5.88 Å². The summed E-state index contributed by atoms with van der Waals surface area (Å²) in [6.07, 6.45) is 0. The summed E-state index contributed by atoms with van der Waals surface area (Å²) < 4.78 is 0. The van der Waals surface area contributed by atoms with Crippen LogP contribution in [-0.2, 0) is 4.79 Å². The van der Waals surface area contributed by atoms with Gasteiger partial charge in [-0.15, -0.1) is 0 Å². The number of carbonyl (C=O) groups excluding carboxylic acids is 1. The SMILES string of the molecule is O=C([O-])CSc1nc(O)cc(=O)[nH]1. The van der Waals surface area contributed by atoms with Gasteiger partial charge in [-0.2, -0.15) is 4.98 Å². The number of aromatic hydroxyl groups is 1. The van der Waals surface area contributed by atoms with Gasteiger partial charge in [0.25, 0.3) is 5.56 Å². The molecule has 1 aromatic rings. The summed E-state index contributed by atoms with van der Waals surface area (Å²) in [5.74, 6) is -2.03. The van der Waals surface area contributed by atoms with Crippen molar-refractivity contribution in [2.24, 2.45) is 0 Å². The molecule has 0 saturated heterocycles. The van der Waals surface area contributed by atoms with Crippen molar-refractivity contribution < 1.29 is 15.0 Å². The number of nitrogens with one attached hydrogen (secondary N) is 1. The molecule has 0 aliphatic rings.